The molecule has 0 spiro atoms. The molecule has 140 valence electrons. The number of hydrogen-bond acceptors (Lipinski definition) is 3. The van der Waals surface area contributed by atoms with Crippen molar-refractivity contribution in [1.29, 1.82) is 0 Å². The van der Waals surface area contributed by atoms with Gasteiger partial charge in [-0.1, -0.05) is 25.1 Å². The van der Waals surface area contributed by atoms with Gasteiger partial charge >= 0.3 is 0 Å². The molecule has 0 bridgehead atoms. The van der Waals surface area contributed by atoms with Crippen molar-refractivity contribution in [2.75, 3.05) is 22.1 Å². The van der Waals surface area contributed by atoms with Gasteiger partial charge in [0.15, 0.2) is 0 Å². The number of nitrogens with zero attached hydrogens (tertiary/aromatic N) is 1. The monoisotopic (exact) mass is 365 g/mol. The summed E-state index contributed by atoms with van der Waals surface area (Å²) in [4.78, 5) is 37.8. The van der Waals surface area contributed by atoms with Gasteiger partial charge in [0.1, 0.15) is 0 Å². The lowest BCUT2D eigenvalue weighted by Gasteiger charge is -2.17. The highest BCUT2D eigenvalue weighted by molar-refractivity contribution is 6.03. The normalized spacial score (nSPS) is 16.3. The van der Waals surface area contributed by atoms with Crippen LogP contribution in [0.4, 0.5) is 17.1 Å². The molecule has 2 N–H and O–H groups in total. The molecule has 0 unspecified atom stereocenters. The van der Waals surface area contributed by atoms with Crippen LogP contribution in [0.15, 0.2) is 48.5 Å². The zero-order chi connectivity index (χ0) is 19.4. The van der Waals surface area contributed by atoms with E-state index in [2.05, 4.69) is 17.6 Å². The summed E-state index contributed by atoms with van der Waals surface area (Å²) in [5.74, 6) is -0.834. The lowest BCUT2D eigenvalue weighted by Crippen LogP contribution is -2.28. The van der Waals surface area contributed by atoms with Crippen LogP contribution in [0.25, 0.3) is 0 Å². The quantitative estimate of drug-likeness (QED) is 0.854. The van der Waals surface area contributed by atoms with E-state index in [4.69, 9.17) is 0 Å². The number of aryl methyl sites for hydroxylation is 1. The van der Waals surface area contributed by atoms with E-state index in [0.29, 0.717) is 17.9 Å². The van der Waals surface area contributed by atoms with Crippen LogP contribution in [-0.2, 0) is 20.8 Å². The molecule has 6 heteroatoms. The third-order valence-electron chi connectivity index (χ3n) is 4.60. The molecule has 0 aliphatic carbocycles. The number of anilines is 3. The number of rotatable bonds is 5. The zero-order valence-corrected chi connectivity index (χ0v) is 15.5. The average molecular weight is 365 g/mol. The summed E-state index contributed by atoms with van der Waals surface area (Å²) in [6.07, 6.45) is 1.13. The van der Waals surface area contributed by atoms with Crippen LogP contribution in [0.2, 0.25) is 0 Å². The summed E-state index contributed by atoms with van der Waals surface area (Å²) in [6, 6.07) is 14.8. The smallest absolute Gasteiger partial charge is 0.229 e. The van der Waals surface area contributed by atoms with E-state index in [-0.39, 0.29) is 24.1 Å². The Morgan fingerprint density at radius 2 is 1.74 bits per heavy atom. The average Bonchev–Trinajstić information content (AvgIpc) is 3.03. The molecule has 1 aliphatic rings. The summed E-state index contributed by atoms with van der Waals surface area (Å²) in [5.41, 5.74) is 3.23. The highest BCUT2D eigenvalue weighted by Crippen LogP contribution is 2.27. The molecule has 27 heavy (non-hydrogen) atoms. The Labute approximate surface area is 158 Å². The summed E-state index contributed by atoms with van der Waals surface area (Å²) in [7, 11) is 0. The first-order valence-corrected chi connectivity index (χ1v) is 9.04. The lowest BCUT2D eigenvalue weighted by atomic mass is 10.1. The minimum atomic E-state index is -0.409. The maximum Gasteiger partial charge on any atom is 0.229 e. The summed E-state index contributed by atoms with van der Waals surface area (Å²) in [6.45, 7) is 3.87. The Balaban J connectivity index is 1.66. The Morgan fingerprint density at radius 3 is 2.37 bits per heavy atom. The lowest BCUT2D eigenvalue weighted by molar-refractivity contribution is -0.122. The molecule has 1 heterocycles. The predicted molar refractivity (Wildman–Crippen MR) is 106 cm³/mol. The highest BCUT2D eigenvalue weighted by atomic mass is 16.2. The molecule has 1 atom stereocenters. The number of nitrogens with one attached hydrogen (secondary N) is 2. The molecule has 0 saturated carbocycles. The Bertz CT molecular complexity index is 861. The van der Waals surface area contributed by atoms with E-state index in [1.165, 1.54) is 12.5 Å². The molecular weight excluding hydrogens is 342 g/mol. The van der Waals surface area contributed by atoms with Gasteiger partial charge in [-0.05, 0) is 42.3 Å². The van der Waals surface area contributed by atoms with Gasteiger partial charge < -0.3 is 15.5 Å². The van der Waals surface area contributed by atoms with Gasteiger partial charge in [-0.25, -0.2) is 0 Å². The summed E-state index contributed by atoms with van der Waals surface area (Å²) < 4.78 is 0. The fourth-order valence-electron chi connectivity index (χ4n) is 3.17. The first-order valence-electron chi connectivity index (χ1n) is 9.04. The molecule has 1 aliphatic heterocycles. The SMILES string of the molecule is CCc1ccc(N2C[C@H](C(=O)Nc3cccc(NC(C)=O)c3)CC2=O)cc1. The Morgan fingerprint density at radius 1 is 1.07 bits per heavy atom. The summed E-state index contributed by atoms with van der Waals surface area (Å²) >= 11 is 0. The van der Waals surface area contributed by atoms with Gasteiger partial charge in [0.2, 0.25) is 17.7 Å². The second-order valence-electron chi connectivity index (χ2n) is 6.68. The molecule has 2 aromatic carbocycles. The molecule has 1 fully saturated rings. The maximum atomic E-state index is 12.6. The van der Waals surface area contributed by atoms with Gasteiger partial charge in [-0.15, -0.1) is 0 Å². The number of carbonyl (C=O) groups is 3. The van der Waals surface area contributed by atoms with Crippen molar-refractivity contribution in [2.24, 2.45) is 5.92 Å². The van der Waals surface area contributed by atoms with Gasteiger partial charge in [-0.3, -0.25) is 14.4 Å². The van der Waals surface area contributed by atoms with Crippen molar-refractivity contribution in [2.45, 2.75) is 26.7 Å². The molecule has 0 aromatic heterocycles. The molecular formula is C21H23N3O3. The van der Waals surface area contributed by atoms with Crippen molar-refractivity contribution in [3.05, 3.63) is 54.1 Å². The Kier molecular flexibility index (Phi) is 5.54. The van der Waals surface area contributed by atoms with E-state index in [9.17, 15) is 14.4 Å². The van der Waals surface area contributed by atoms with Gasteiger partial charge in [-0.2, -0.15) is 0 Å². The van der Waals surface area contributed by atoms with Crippen molar-refractivity contribution < 1.29 is 14.4 Å². The van der Waals surface area contributed by atoms with Gasteiger partial charge in [0.25, 0.3) is 0 Å². The molecule has 2 aromatic rings. The first kappa shape index (κ1) is 18.6. The van der Waals surface area contributed by atoms with Crippen LogP contribution in [-0.4, -0.2) is 24.3 Å². The minimum Gasteiger partial charge on any atom is -0.326 e. The third kappa shape index (κ3) is 4.53. The van der Waals surface area contributed by atoms with Crippen LogP contribution in [0.3, 0.4) is 0 Å². The molecule has 1 saturated heterocycles. The van der Waals surface area contributed by atoms with Gasteiger partial charge in [0, 0.05) is 37.0 Å². The van der Waals surface area contributed by atoms with Crippen LogP contribution in [0.5, 0.6) is 0 Å². The zero-order valence-electron chi connectivity index (χ0n) is 15.5. The van der Waals surface area contributed by atoms with Gasteiger partial charge in [0.05, 0.1) is 5.92 Å². The number of amides is 3. The predicted octanol–water partition coefficient (Wildman–Crippen LogP) is 3.20. The van der Waals surface area contributed by atoms with E-state index in [1.807, 2.05) is 24.3 Å². The fourth-order valence-corrected chi connectivity index (χ4v) is 3.17. The topological polar surface area (TPSA) is 78.5 Å². The fraction of sp³-hybridized carbons (Fsp3) is 0.286. The molecule has 3 amide bonds. The number of benzene rings is 2. The van der Waals surface area contributed by atoms with E-state index < -0.39 is 5.92 Å². The largest absolute Gasteiger partial charge is 0.326 e. The highest BCUT2D eigenvalue weighted by Gasteiger charge is 2.35. The van der Waals surface area contributed by atoms with Crippen LogP contribution >= 0.6 is 0 Å². The first-order chi connectivity index (χ1) is 13.0. The van der Waals surface area contributed by atoms with Crippen molar-refractivity contribution >= 4 is 34.8 Å². The van der Waals surface area contributed by atoms with E-state index in [1.54, 1.807) is 29.2 Å². The van der Waals surface area contributed by atoms with Crippen LogP contribution in [0.1, 0.15) is 25.8 Å². The van der Waals surface area contributed by atoms with E-state index >= 15 is 0 Å². The van der Waals surface area contributed by atoms with E-state index in [0.717, 1.165) is 12.1 Å². The Hall–Kier alpha value is -3.15. The van der Waals surface area contributed by atoms with Crippen molar-refractivity contribution in [3.63, 3.8) is 0 Å². The number of carbonyl (C=O) groups excluding carboxylic acids is 3. The molecule has 0 radical (unpaired) electrons. The third-order valence-corrected chi connectivity index (χ3v) is 4.60. The second-order valence-corrected chi connectivity index (χ2v) is 6.68. The summed E-state index contributed by atoms with van der Waals surface area (Å²) in [5, 5.41) is 5.52. The van der Waals surface area contributed by atoms with Crippen molar-refractivity contribution in [1.82, 2.24) is 0 Å². The molecule has 3 rings (SSSR count). The molecule has 6 nitrogen and oxygen atoms in total. The number of hydrogen-bond donors (Lipinski definition) is 2. The van der Waals surface area contributed by atoms with Crippen molar-refractivity contribution in [3.8, 4) is 0 Å². The second kappa shape index (κ2) is 8.03. The maximum absolute atomic E-state index is 12.6. The minimum absolute atomic E-state index is 0.0496. The van der Waals surface area contributed by atoms with Crippen LogP contribution in [0, 0.1) is 5.92 Å². The standard InChI is InChI=1S/C21H23N3O3/c1-3-15-7-9-19(10-8-15)24-13-16(11-20(24)26)21(27)23-18-6-4-5-17(12-18)22-14(2)25/h4-10,12,16H,3,11,13H2,1-2H3,(H,22,25)(H,23,27)/t16-/m1/s1. The van der Waals surface area contributed by atoms with Crippen LogP contribution < -0.4 is 15.5 Å².